The van der Waals surface area contributed by atoms with Crippen LogP contribution < -0.4 is 10.5 Å². The summed E-state index contributed by atoms with van der Waals surface area (Å²) in [7, 11) is 0. The molecule has 4 heteroatoms. The largest absolute Gasteiger partial charge is 0.439 e. The van der Waals surface area contributed by atoms with Crippen molar-refractivity contribution in [3.63, 3.8) is 0 Å². The van der Waals surface area contributed by atoms with Gasteiger partial charge in [0.15, 0.2) is 0 Å². The predicted octanol–water partition coefficient (Wildman–Crippen LogP) is 3.47. The van der Waals surface area contributed by atoms with Crippen molar-refractivity contribution in [2.75, 3.05) is 0 Å². The average molecular weight is 271 g/mol. The van der Waals surface area contributed by atoms with Crippen LogP contribution in [0, 0.1) is 13.8 Å². The van der Waals surface area contributed by atoms with Gasteiger partial charge in [-0.1, -0.05) is 26.0 Å². The highest BCUT2D eigenvalue weighted by molar-refractivity contribution is 5.39. The first kappa shape index (κ1) is 14.5. The molecule has 0 bridgehead atoms. The van der Waals surface area contributed by atoms with Crippen molar-refractivity contribution in [1.82, 2.24) is 9.97 Å². The van der Waals surface area contributed by atoms with Crippen LogP contribution in [0.25, 0.3) is 0 Å². The number of ether oxygens (including phenoxy) is 1. The summed E-state index contributed by atoms with van der Waals surface area (Å²) in [6.45, 7) is 8.59. The number of nitrogens with two attached hydrogens (primary N) is 1. The van der Waals surface area contributed by atoms with E-state index in [1.54, 1.807) is 0 Å². The van der Waals surface area contributed by atoms with Crippen molar-refractivity contribution in [1.29, 1.82) is 0 Å². The zero-order valence-electron chi connectivity index (χ0n) is 12.5. The molecule has 1 heterocycles. The number of hydrogen-bond donors (Lipinski definition) is 1. The van der Waals surface area contributed by atoms with E-state index in [0.29, 0.717) is 12.4 Å². The average Bonchev–Trinajstić information content (AvgIpc) is 2.40. The maximum absolute atomic E-state index is 5.92. The molecular weight excluding hydrogens is 250 g/mol. The summed E-state index contributed by atoms with van der Waals surface area (Å²) in [5.41, 5.74) is 8.68. The van der Waals surface area contributed by atoms with Gasteiger partial charge in [0, 0.05) is 24.2 Å². The molecule has 0 spiro atoms. The Hall–Kier alpha value is -1.94. The summed E-state index contributed by atoms with van der Waals surface area (Å²) in [5.74, 6) is 2.44. The second-order valence-corrected chi connectivity index (χ2v) is 5.27. The molecule has 2 N–H and O–H groups in total. The standard InChI is InChI=1S/C16H21N3O/c1-10(2)16-18-12(4)7-15(19-16)20-14-8-13(9-17)6-5-11(14)3/h5-8,10H,9,17H2,1-4H3. The molecule has 0 saturated carbocycles. The second-order valence-electron chi connectivity index (χ2n) is 5.27. The molecule has 106 valence electrons. The number of nitrogens with zero attached hydrogens (tertiary/aromatic N) is 2. The quantitative estimate of drug-likeness (QED) is 0.925. The first-order valence-electron chi connectivity index (χ1n) is 6.82. The van der Waals surface area contributed by atoms with E-state index in [9.17, 15) is 0 Å². The molecule has 20 heavy (non-hydrogen) atoms. The molecule has 0 aliphatic carbocycles. The monoisotopic (exact) mass is 271 g/mol. The van der Waals surface area contributed by atoms with Crippen molar-refractivity contribution in [2.24, 2.45) is 5.73 Å². The zero-order valence-corrected chi connectivity index (χ0v) is 12.5. The Morgan fingerprint density at radius 2 is 1.90 bits per heavy atom. The lowest BCUT2D eigenvalue weighted by molar-refractivity contribution is 0.452. The Balaban J connectivity index is 2.34. The normalized spacial score (nSPS) is 10.9. The molecule has 1 aromatic heterocycles. The van der Waals surface area contributed by atoms with Gasteiger partial charge in [-0.15, -0.1) is 0 Å². The van der Waals surface area contributed by atoms with Crippen LogP contribution in [-0.4, -0.2) is 9.97 Å². The molecule has 0 amide bonds. The summed E-state index contributed by atoms with van der Waals surface area (Å²) in [4.78, 5) is 8.88. The summed E-state index contributed by atoms with van der Waals surface area (Å²) >= 11 is 0. The third-order valence-electron chi connectivity index (χ3n) is 3.07. The first-order valence-corrected chi connectivity index (χ1v) is 6.82. The lowest BCUT2D eigenvalue weighted by Gasteiger charge is -2.12. The Bertz CT molecular complexity index is 609. The highest BCUT2D eigenvalue weighted by atomic mass is 16.5. The van der Waals surface area contributed by atoms with Crippen molar-refractivity contribution in [2.45, 2.75) is 40.2 Å². The Labute approximate surface area is 120 Å². The highest BCUT2D eigenvalue weighted by Gasteiger charge is 2.09. The van der Waals surface area contributed by atoms with E-state index in [1.807, 2.05) is 38.1 Å². The van der Waals surface area contributed by atoms with Gasteiger partial charge >= 0.3 is 0 Å². The highest BCUT2D eigenvalue weighted by Crippen LogP contribution is 2.26. The van der Waals surface area contributed by atoms with Crippen molar-refractivity contribution >= 4 is 0 Å². The number of benzene rings is 1. The fraction of sp³-hybridized carbons (Fsp3) is 0.375. The van der Waals surface area contributed by atoms with Gasteiger partial charge < -0.3 is 10.5 Å². The van der Waals surface area contributed by atoms with Crippen molar-refractivity contribution in [3.05, 3.63) is 46.9 Å². The molecule has 0 aliphatic rings. The number of aromatic nitrogens is 2. The van der Waals surface area contributed by atoms with Gasteiger partial charge in [-0.3, -0.25) is 0 Å². The molecule has 0 unspecified atom stereocenters. The second kappa shape index (κ2) is 6.01. The first-order chi connectivity index (χ1) is 9.49. The number of rotatable bonds is 4. The Morgan fingerprint density at radius 1 is 1.15 bits per heavy atom. The summed E-state index contributed by atoms with van der Waals surface area (Å²) in [6.07, 6.45) is 0. The third-order valence-corrected chi connectivity index (χ3v) is 3.07. The van der Waals surface area contributed by atoms with E-state index >= 15 is 0 Å². The van der Waals surface area contributed by atoms with E-state index < -0.39 is 0 Å². The fourth-order valence-electron chi connectivity index (χ4n) is 1.87. The smallest absolute Gasteiger partial charge is 0.222 e. The van der Waals surface area contributed by atoms with E-state index in [1.165, 1.54) is 0 Å². The summed E-state index contributed by atoms with van der Waals surface area (Å²) < 4.78 is 5.92. The van der Waals surface area contributed by atoms with E-state index in [-0.39, 0.29) is 5.92 Å². The minimum absolute atomic E-state index is 0.272. The van der Waals surface area contributed by atoms with Crippen molar-refractivity contribution in [3.8, 4) is 11.6 Å². The van der Waals surface area contributed by atoms with Crippen molar-refractivity contribution < 1.29 is 4.74 Å². The van der Waals surface area contributed by atoms with Gasteiger partial charge in [0.1, 0.15) is 11.6 Å². The van der Waals surface area contributed by atoms with E-state index in [4.69, 9.17) is 10.5 Å². The molecule has 2 rings (SSSR count). The minimum Gasteiger partial charge on any atom is -0.439 e. The van der Waals surface area contributed by atoms with Crippen LogP contribution in [0.2, 0.25) is 0 Å². The van der Waals surface area contributed by atoms with E-state index in [2.05, 4.69) is 23.8 Å². The minimum atomic E-state index is 0.272. The fourth-order valence-corrected chi connectivity index (χ4v) is 1.87. The van der Waals surface area contributed by atoms with Gasteiger partial charge in [-0.25, -0.2) is 4.98 Å². The molecule has 0 fully saturated rings. The predicted molar refractivity (Wildman–Crippen MR) is 80.0 cm³/mol. The molecule has 0 atom stereocenters. The van der Waals surface area contributed by atoms with Gasteiger partial charge in [-0.05, 0) is 31.0 Å². The molecule has 2 aromatic rings. The molecule has 0 saturated heterocycles. The summed E-state index contributed by atoms with van der Waals surface area (Å²) in [6, 6.07) is 7.82. The van der Waals surface area contributed by atoms with Gasteiger partial charge in [-0.2, -0.15) is 4.98 Å². The third kappa shape index (κ3) is 3.33. The Morgan fingerprint density at radius 3 is 2.55 bits per heavy atom. The van der Waals surface area contributed by atoms with Crippen LogP contribution in [0.5, 0.6) is 11.6 Å². The zero-order chi connectivity index (χ0) is 14.7. The van der Waals surface area contributed by atoms with Crippen LogP contribution >= 0.6 is 0 Å². The molecular formula is C16H21N3O. The topological polar surface area (TPSA) is 61.0 Å². The lowest BCUT2D eigenvalue weighted by atomic mass is 10.1. The lowest BCUT2D eigenvalue weighted by Crippen LogP contribution is -2.02. The molecule has 4 nitrogen and oxygen atoms in total. The number of aryl methyl sites for hydroxylation is 2. The molecule has 0 aliphatic heterocycles. The SMILES string of the molecule is Cc1cc(Oc2cc(CN)ccc2C)nc(C(C)C)n1. The van der Waals surface area contributed by atoms with Crippen LogP contribution in [0.1, 0.15) is 42.4 Å². The summed E-state index contributed by atoms with van der Waals surface area (Å²) in [5, 5.41) is 0. The van der Waals surface area contributed by atoms with E-state index in [0.717, 1.165) is 28.4 Å². The Kier molecular flexibility index (Phi) is 4.35. The van der Waals surface area contributed by atoms with Crippen LogP contribution in [0.3, 0.4) is 0 Å². The molecule has 1 aromatic carbocycles. The van der Waals surface area contributed by atoms with Gasteiger partial charge in [0.25, 0.3) is 0 Å². The van der Waals surface area contributed by atoms with Gasteiger partial charge in [0.05, 0.1) is 0 Å². The van der Waals surface area contributed by atoms with Crippen LogP contribution in [0.15, 0.2) is 24.3 Å². The van der Waals surface area contributed by atoms with Crippen LogP contribution in [0.4, 0.5) is 0 Å². The maximum Gasteiger partial charge on any atom is 0.222 e. The van der Waals surface area contributed by atoms with Gasteiger partial charge in [0.2, 0.25) is 5.88 Å². The number of hydrogen-bond acceptors (Lipinski definition) is 4. The molecule has 0 radical (unpaired) electrons. The van der Waals surface area contributed by atoms with Crippen LogP contribution in [-0.2, 0) is 6.54 Å². The maximum atomic E-state index is 5.92.